The number of carbonyl (C=O) groups is 2. The molecule has 0 aromatic heterocycles. The van der Waals surface area contributed by atoms with Crippen molar-refractivity contribution in [1.82, 2.24) is 10.2 Å². The highest BCUT2D eigenvalue weighted by Crippen LogP contribution is 2.23. The average molecular weight is 286 g/mol. The Labute approximate surface area is 118 Å². The molecule has 0 aromatic rings. The lowest BCUT2D eigenvalue weighted by molar-refractivity contribution is -0.0307. The van der Waals surface area contributed by atoms with Gasteiger partial charge in [-0.2, -0.15) is 0 Å². The Morgan fingerprint density at radius 2 is 2.05 bits per heavy atom. The molecule has 1 fully saturated rings. The Morgan fingerprint density at radius 1 is 1.45 bits per heavy atom. The number of nitrogens with one attached hydrogen (secondary N) is 1. The Hall–Kier alpha value is -1.76. The van der Waals surface area contributed by atoms with E-state index in [1.165, 1.54) is 11.0 Å². The van der Waals surface area contributed by atoms with Gasteiger partial charge in [0, 0.05) is 0 Å². The second kappa shape index (κ2) is 6.13. The minimum atomic E-state index is -0.866. The van der Waals surface area contributed by atoms with Gasteiger partial charge >= 0.3 is 12.2 Å². The second-order valence-electron chi connectivity index (χ2n) is 5.79. The highest BCUT2D eigenvalue weighted by molar-refractivity contribution is 5.72. The van der Waals surface area contributed by atoms with Crippen molar-refractivity contribution in [2.24, 2.45) is 0 Å². The van der Waals surface area contributed by atoms with Gasteiger partial charge in [0.15, 0.2) is 0 Å². The molecule has 20 heavy (non-hydrogen) atoms. The van der Waals surface area contributed by atoms with Crippen LogP contribution in [0, 0.1) is 0 Å². The third-order valence-electron chi connectivity index (χ3n) is 2.64. The highest BCUT2D eigenvalue weighted by atomic mass is 16.6. The van der Waals surface area contributed by atoms with Gasteiger partial charge < -0.3 is 24.8 Å². The quantitative estimate of drug-likeness (QED) is 0.749. The molecule has 7 nitrogen and oxygen atoms in total. The van der Waals surface area contributed by atoms with Crippen LogP contribution < -0.4 is 5.32 Å². The number of nitrogens with zero attached hydrogens (tertiary/aromatic N) is 1. The Morgan fingerprint density at radius 3 is 2.50 bits per heavy atom. The lowest BCUT2D eigenvalue weighted by Crippen LogP contribution is -2.73. The summed E-state index contributed by atoms with van der Waals surface area (Å²) in [6.07, 6.45) is 0.324. The molecule has 1 aliphatic rings. The Kier molecular flexibility index (Phi) is 4.99. The Balaban J connectivity index is 2.47. The zero-order chi connectivity index (χ0) is 15.4. The van der Waals surface area contributed by atoms with Crippen molar-refractivity contribution < 1.29 is 24.2 Å². The first kappa shape index (κ1) is 16.3. The average Bonchev–Trinajstić information content (AvgIpc) is 2.28. The molecular formula is C13H22N2O5. The largest absolute Gasteiger partial charge is 0.445 e. The first-order valence-corrected chi connectivity index (χ1v) is 6.36. The summed E-state index contributed by atoms with van der Waals surface area (Å²) in [4.78, 5) is 24.6. The van der Waals surface area contributed by atoms with Gasteiger partial charge in [0.25, 0.3) is 0 Å². The van der Waals surface area contributed by atoms with Gasteiger partial charge in [-0.1, -0.05) is 12.7 Å². The number of carbonyl (C=O) groups excluding carboxylic acids is 2. The van der Waals surface area contributed by atoms with E-state index in [0.717, 1.165) is 0 Å². The van der Waals surface area contributed by atoms with Crippen molar-refractivity contribution >= 4 is 12.2 Å². The lowest BCUT2D eigenvalue weighted by Gasteiger charge is -2.48. The zero-order valence-electron chi connectivity index (χ0n) is 12.1. The molecule has 0 saturated carbocycles. The topological polar surface area (TPSA) is 88.1 Å². The van der Waals surface area contributed by atoms with Gasteiger partial charge in [-0.3, -0.25) is 0 Å². The van der Waals surface area contributed by atoms with Gasteiger partial charge in [0.05, 0.1) is 19.7 Å². The van der Waals surface area contributed by atoms with E-state index < -0.39 is 23.3 Å². The molecule has 2 N–H and O–H groups in total. The predicted octanol–water partition coefficient (Wildman–Crippen LogP) is 0.880. The lowest BCUT2D eigenvalue weighted by atomic mass is 9.91. The van der Waals surface area contributed by atoms with Crippen LogP contribution in [-0.2, 0) is 9.47 Å². The molecule has 0 aromatic carbocycles. The molecule has 0 spiro atoms. The number of rotatable bonds is 4. The van der Waals surface area contributed by atoms with Crippen molar-refractivity contribution in [1.29, 1.82) is 0 Å². The number of hydrogen-bond acceptors (Lipinski definition) is 5. The van der Waals surface area contributed by atoms with Crippen LogP contribution in [-0.4, -0.2) is 59.6 Å². The Bertz CT molecular complexity index is 383. The fourth-order valence-corrected chi connectivity index (χ4v) is 1.75. The van der Waals surface area contributed by atoms with Crippen LogP contribution in [0.2, 0.25) is 0 Å². The summed E-state index contributed by atoms with van der Waals surface area (Å²) in [7, 11) is 0. The molecule has 114 valence electrons. The van der Waals surface area contributed by atoms with E-state index in [0.29, 0.717) is 0 Å². The minimum absolute atomic E-state index is 0.0864. The number of ether oxygens (including phenoxy) is 2. The monoisotopic (exact) mass is 286 g/mol. The van der Waals surface area contributed by atoms with E-state index in [1.807, 2.05) is 0 Å². The summed E-state index contributed by atoms with van der Waals surface area (Å²) in [5.74, 6) is 0. The molecule has 1 aliphatic heterocycles. The molecular weight excluding hydrogens is 264 g/mol. The number of alkyl carbamates (subject to hydrolysis) is 1. The van der Waals surface area contributed by atoms with E-state index >= 15 is 0 Å². The third-order valence-corrected chi connectivity index (χ3v) is 2.64. The van der Waals surface area contributed by atoms with Crippen molar-refractivity contribution in [3.63, 3.8) is 0 Å². The highest BCUT2D eigenvalue weighted by Gasteiger charge is 2.47. The van der Waals surface area contributed by atoms with E-state index in [2.05, 4.69) is 11.9 Å². The molecule has 1 rings (SSSR count). The van der Waals surface area contributed by atoms with Gasteiger partial charge in [0.1, 0.15) is 17.7 Å². The van der Waals surface area contributed by atoms with Crippen molar-refractivity contribution in [2.45, 2.75) is 31.9 Å². The van der Waals surface area contributed by atoms with E-state index in [1.54, 1.807) is 20.8 Å². The maximum atomic E-state index is 11.8. The van der Waals surface area contributed by atoms with Crippen LogP contribution in [0.5, 0.6) is 0 Å². The van der Waals surface area contributed by atoms with Crippen LogP contribution >= 0.6 is 0 Å². The summed E-state index contributed by atoms with van der Waals surface area (Å²) in [6, 6.07) is 0. The van der Waals surface area contributed by atoms with Crippen LogP contribution in [0.1, 0.15) is 20.8 Å². The summed E-state index contributed by atoms with van der Waals surface area (Å²) in [5.41, 5.74) is -1.44. The molecule has 1 saturated heterocycles. The molecule has 2 amide bonds. The number of aliphatic hydroxyl groups is 1. The van der Waals surface area contributed by atoms with Gasteiger partial charge in [-0.25, -0.2) is 9.59 Å². The fourth-order valence-electron chi connectivity index (χ4n) is 1.75. The molecule has 7 heteroatoms. The molecule has 0 unspecified atom stereocenters. The van der Waals surface area contributed by atoms with Crippen molar-refractivity contribution in [3.8, 4) is 0 Å². The summed E-state index contributed by atoms with van der Waals surface area (Å²) < 4.78 is 9.98. The van der Waals surface area contributed by atoms with Crippen LogP contribution in [0.4, 0.5) is 9.59 Å². The van der Waals surface area contributed by atoms with Crippen molar-refractivity contribution in [2.75, 3.05) is 26.3 Å². The van der Waals surface area contributed by atoms with E-state index in [9.17, 15) is 14.7 Å². The molecule has 0 bridgehead atoms. The SMILES string of the molecule is C=CCOC(=O)NC1(CO)CN(C(=O)OC(C)(C)C)C1. The van der Waals surface area contributed by atoms with Crippen LogP contribution in [0.25, 0.3) is 0 Å². The summed E-state index contributed by atoms with van der Waals surface area (Å²) in [6.45, 7) is 8.92. The first-order valence-electron chi connectivity index (χ1n) is 6.36. The predicted molar refractivity (Wildman–Crippen MR) is 72.3 cm³/mol. The smallest absolute Gasteiger partial charge is 0.410 e. The first-order chi connectivity index (χ1) is 9.21. The van der Waals surface area contributed by atoms with Gasteiger partial charge in [-0.15, -0.1) is 0 Å². The van der Waals surface area contributed by atoms with Crippen molar-refractivity contribution in [3.05, 3.63) is 12.7 Å². The van der Waals surface area contributed by atoms with Gasteiger partial charge in [-0.05, 0) is 20.8 Å². The molecule has 0 atom stereocenters. The number of likely N-dealkylation sites (tertiary alicyclic amines) is 1. The summed E-state index contributed by atoms with van der Waals surface area (Å²) in [5, 5.41) is 11.9. The second-order valence-corrected chi connectivity index (χ2v) is 5.79. The normalized spacial score (nSPS) is 16.9. The molecule has 0 aliphatic carbocycles. The standard InChI is InChI=1S/C13H22N2O5/c1-5-6-19-10(17)14-13(9-16)7-15(8-13)11(18)20-12(2,3)4/h5,16H,1,6-9H2,2-4H3,(H,14,17). The summed E-state index contributed by atoms with van der Waals surface area (Å²) >= 11 is 0. The molecule has 0 radical (unpaired) electrons. The zero-order valence-corrected chi connectivity index (χ0v) is 12.1. The number of aliphatic hydroxyl groups excluding tert-OH is 1. The molecule has 1 heterocycles. The third kappa shape index (κ3) is 4.41. The number of hydrogen-bond donors (Lipinski definition) is 2. The maximum absolute atomic E-state index is 11.8. The van der Waals surface area contributed by atoms with Crippen LogP contribution in [0.15, 0.2) is 12.7 Å². The van der Waals surface area contributed by atoms with E-state index in [4.69, 9.17) is 9.47 Å². The number of amides is 2. The maximum Gasteiger partial charge on any atom is 0.410 e. The minimum Gasteiger partial charge on any atom is -0.445 e. The van der Waals surface area contributed by atoms with E-state index in [-0.39, 0.29) is 26.3 Å². The fraction of sp³-hybridized carbons (Fsp3) is 0.692. The van der Waals surface area contributed by atoms with Crippen LogP contribution in [0.3, 0.4) is 0 Å². The van der Waals surface area contributed by atoms with Gasteiger partial charge in [0.2, 0.25) is 0 Å².